The summed E-state index contributed by atoms with van der Waals surface area (Å²) in [6.45, 7) is 0.217. The van der Waals surface area contributed by atoms with Gasteiger partial charge in [-0.05, 0) is 29.8 Å². The fourth-order valence-electron chi connectivity index (χ4n) is 2.06. The zero-order chi connectivity index (χ0) is 17.4. The number of benzene rings is 2. The van der Waals surface area contributed by atoms with E-state index in [1.807, 2.05) is 18.2 Å². The van der Waals surface area contributed by atoms with Crippen LogP contribution in [0.4, 0.5) is 0 Å². The monoisotopic (exact) mass is 340 g/mol. The Morgan fingerprint density at radius 3 is 2.50 bits per heavy atom. The summed E-state index contributed by atoms with van der Waals surface area (Å²) in [5, 5.41) is 5.95. The van der Waals surface area contributed by atoms with Crippen LogP contribution in [0.25, 0.3) is 0 Å². The van der Waals surface area contributed by atoms with Gasteiger partial charge in [-0.2, -0.15) is 0 Å². The van der Waals surface area contributed by atoms with Gasteiger partial charge in [-0.1, -0.05) is 47.7 Å². The first-order chi connectivity index (χ1) is 11.6. The summed E-state index contributed by atoms with van der Waals surface area (Å²) in [5.41, 5.74) is 2.03. The molecule has 0 spiro atoms. The van der Waals surface area contributed by atoms with Gasteiger partial charge in [-0.15, -0.1) is 0 Å². The molecule has 0 atom stereocenters. The van der Waals surface area contributed by atoms with Crippen LogP contribution in [0.5, 0.6) is 0 Å². The number of rotatable bonds is 4. The smallest absolute Gasteiger partial charge is 0.252 e. The third-order valence-electron chi connectivity index (χ3n) is 3.27. The van der Waals surface area contributed by atoms with Gasteiger partial charge in [0.1, 0.15) is 0 Å². The molecule has 2 rings (SSSR count). The SMILES string of the molecule is CNC(=O)c1ccccc1C#CCNC(=O)Cc1ccc(Cl)cc1. The lowest BCUT2D eigenvalue weighted by molar-refractivity contribution is -0.120. The van der Waals surface area contributed by atoms with Gasteiger partial charge >= 0.3 is 0 Å². The number of hydrogen-bond acceptors (Lipinski definition) is 2. The molecule has 0 aliphatic rings. The summed E-state index contributed by atoms with van der Waals surface area (Å²) in [6.07, 6.45) is 0.272. The van der Waals surface area contributed by atoms with Crippen molar-refractivity contribution in [2.24, 2.45) is 0 Å². The van der Waals surface area contributed by atoms with Crippen molar-refractivity contribution >= 4 is 23.4 Å². The van der Waals surface area contributed by atoms with Crippen LogP contribution in [0.15, 0.2) is 48.5 Å². The molecular formula is C19H17ClN2O2. The summed E-state index contributed by atoms with van der Waals surface area (Å²) < 4.78 is 0. The van der Waals surface area contributed by atoms with Crippen LogP contribution < -0.4 is 10.6 Å². The molecule has 2 aromatic rings. The average molecular weight is 341 g/mol. The maximum Gasteiger partial charge on any atom is 0.252 e. The van der Waals surface area contributed by atoms with E-state index in [0.29, 0.717) is 16.1 Å². The van der Waals surface area contributed by atoms with Crippen molar-refractivity contribution < 1.29 is 9.59 Å². The Balaban J connectivity index is 1.91. The largest absolute Gasteiger partial charge is 0.355 e. The van der Waals surface area contributed by atoms with Crippen molar-refractivity contribution in [3.63, 3.8) is 0 Å². The van der Waals surface area contributed by atoms with Gasteiger partial charge < -0.3 is 10.6 Å². The maximum absolute atomic E-state index is 11.9. The van der Waals surface area contributed by atoms with E-state index in [1.54, 1.807) is 37.4 Å². The number of halogens is 1. The molecule has 0 saturated heterocycles. The normalized spacial score (nSPS) is 9.58. The highest BCUT2D eigenvalue weighted by Crippen LogP contribution is 2.10. The molecule has 4 nitrogen and oxygen atoms in total. The summed E-state index contributed by atoms with van der Waals surface area (Å²) in [4.78, 5) is 23.6. The molecule has 0 unspecified atom stereocenters. The van der Waals surface area contributed by atoms with E-state index in [2.05, 4.69) is 22.5 Å². The minimum atomic E-state index is -0.188. The van der Waals surface area contributed by atoms with Gasteiger partial charge in [0.15, 0.2) is 0 Å². The van der Waals surface area contributed by atoms with E-state index in [9.17, 15) is 9.59 Å². The fraction of sp³-hybridized carbons (Fsp3) is 0.158. The Bertz CT molecular complexity index is 789. The predicted octanol–water partition coefficient (Wildman–Crippen LogP) is 2.41. The third kappa shape index (κ3) is 5.15. The van der Waals surface area contributed by atoms with Crippen molar-refractivity contribution in [2.75, 3.05) is 13.6 Å². The molecule has 0 fully saturated rings. The molecule has 0 saturated carbocycles. The van der Waals surface area contributed by atoms with Crippen LogP contribution in [0.2, 0.25) is 5.02 Å². The van der Waals surface area contributed by atoms with E-state index in [0.717, 1.165) is 5.56 Å². The van der Waals surface area contributed by atoms with E-state index in [-0.39, 0.29) is 24.8 Å². The third-order valence-corrected chi connectivity index (χ3v) is 3.53. The minimum absolute atomic E-state index is 0.119. The zero-order valence-corrected chi connectivity index (χ0v) is 14.0. The molecule has 0 aliphatic heterocycles. The minimum Gasteiger partial charge on any atom is -0.355 e. The van der Waals surface area contributed by atoms with Gasteiger partial charge in [0, 0.05) is 17.6 Å². The second-order valence-electron chi connectivity index (χ2n) is 5.01. The maximum atomic E-state index is 11.9. The summed E-state index contributed by atoms with van der Waals surface area (Å²) in [6, 6.07) is 14.2. The van der Waals surface area contributed by atoms with E-state index >= 15 is 0 Å². The Kier molecular flexibility index (Phi) is 6.41. The Hall–Kier alpha value is -2.77. The van der Waals surface area contributed by atoms with Crippen molar-refractivity contribution in [2.45, 2.75) is 6.42 Å². The molecule has 5 heteroatoms. The zero-order valence-electron chi connectivity index (χ0n) is 13.2. The Morgan fingerprint density at radius 2 is 1.79 bits per heavy atom. The Morgan fingerprint density at radius 1 is 1.08 bits per heavy atom. The number of carbonyl (C=O) groups excluding carboxylic acids is 2. The van der Waals surface area contributed by atoms with Gasteiger partial charge in [-0.25, -0.2) is 0 Å². The first kappa shape index (κ1) is 17.6. The van der Waals surface area contributed by atoms with Crippen molar-refractivity contribution in [3.05, 3.63) is 70.2 Å². The molecule has 0 aromatic heterocycles. The molecule has 0 radical (unpaired) electrons. The standard InChI is InChI=1S/C19H17ClN2O2/c1-21-19(24)17-7-3-2-5-15(17)6-4-12-22-18(23)13-14-8-10-16(20)11-9-14/h2-3,5,7-11H,12-13H2,1H3,(H,21,24)(H,22,23). The molecular weight excluding hydrogens is 324 g/mol. The van der Waals surface area contributed by atoms with Crippen LogP contribution >= 0.6 is 11.6 Å². The Labute approximate surface area is 146 Å². The summed E-state index contributed by atoms with van der Waals surface area (Å²) >= 11 is 5.81. The van der Waals surface area contributed by atoms with E-state index in [4.69, 9.17) is 11.6 Å². The van der Waals surface area contributed by atoms with Crippen LogP contribution in [-0.2, 0) is 11.2 Å². The highest BCUT2D eigenvalue weighted by molar-refractivity contribution is 6.30. The van der Waals surface area contributed by atoms with Gasteiger partial charge in [0.05, 0.1) is 18.5 Å². The fourth-order valence-corrected chi connectivity index (χ4v) is 2.18. The molecule has 2 N–H and O–H groups in total. The lowest BCUT2D eigenvalue weighted by atomic mass is 10.1. The first-order valence-corrected chi connectivity index (χ1v) is 7.79. The average Bonchev–Trinajstić information content (AvgIpc) is 2.60. The van der Waals surface area contributed by atoms with Gasteiger partial charge in [-0.3, -0.25) is 9.59 Å². The summed E-state index contributed by atoms with van der Waals surface area (Å²) in [7, 11) is 1.57. The quantitative estimate of drug-likeness (QED) is 0.840. The van der Waals surface area contributed by atoms with Crippen molar-refractivity contribution in [3.8, 4) is 11.8 Å². The molecule has 24 heavy (non-hydrogen) atoms. The van der Waals surface area contributed by atoms with Gasteiger partial charge in [0.2, 0.25) is 5.91 Å². The van der Waals surface area contributed by atoms with Crippen LogP contribution in [0.3, 0.4) is 0 Å². The summed E-state index contributed by atoms with van der Waals surface area (Å²) in [5.74, 6) is 5.47. The molecule has 0 bridgehead atoms. The predicted molar refractivity (Wildman–Crippen MR) is 94.9 cm³/mol. The highest BCUT2D eigenvalue weighted by atomic mass is 35.5. The molecule has 0 heterocycles. The molecule has 2 aromatic carbocycles. The number of nitrogens with one attached hydrogen (secondary N) is 2. The van der Waals surface area contributed by atoms with Crippen LogP contribution in [0, 0.1) is 11.8 Å². The van der Waals surface area contributed by atoms with E-state index < -0.39 is 0 Å². The number of carbonyl (C=O) groups is 2. The molecule has 122 valence electrons. The lowest BCUT2D eigenvalue weighted by Gasteiger charge is -2.03. The van der Waals surface area contributed by atoms with Crippen molar-refractivity contribution in [1.29, 1.82) is 0 Å². The second-order valence-corrected chi connectivity index (χ2v) is 5.44. The molecule has 2 amide bonds. The van der Waals surface area contributed by atoms with E-state index in [1.165, 1.54) is 0 Å². The van der Waals surface area contributed by atoms with Crippen LogP contribution in [0.1, 0.15) is 21.5 Å². The van der Waals surface area contributed by atoms with Crippen LogP contribution in [-0.4, -0.2) is 25.4 Å². The topological polar surface area (TPSA) is 58.2 Å². The lowest BCUT2D eigenvalue weighted by Crippen LogP contribution is -2.25. The van der Waals surface area contributed by atoms with Crippen molar-refractivity contribution in [1.82, 2.24) is 10.6 Å². The second kappa shape index (κ2) is 8.76. The highest BCUT2D eigenvalue weighted by Gasteiger charge is 2.06. The number of hydrogen-bond donors (Lipinski definition) is 2. The molecule has 0 aliphatic carbocycles. The van der Waals surface area contributed by atoms with Gasteiger partial charge in [0.25, 0.3) is 5.91 Å². The number of amides is 2. The first-order valence-electron chi connectivity index (χ1n) is 7.41.